The monoisotopic (exact) mass is 580 g/mol. The van der Waals surface area contributed by atoms with Crippen molar-refractivity contribution in [1.29, 1.82) is 0 Å². The van der Waals surface area contributed by atoms with Gasteiger partial charge in [-0.2, -0.15) is 0 Å². The number of piperidine rings is 3. The minimum Gasteiger partial charge on any atom is -0.304 e. The standard InChI is InChI=1S/C9H19N.C8H17N.C7H15N.2C4H6.3C2H6/c1-8(2)10-6-4-5-9(3)7-10;1-8(2)9-6-4-3-5-7-9;1-2-8-6-4-3-5-7-8;2*1-3-4-2;3*1-2/h8-9H,4-7H2,1-3H3;8H,3-7H2,1-2H3;2-7H2,1H3;2*1-2H3;3*1-2H3. The second-order valence-electron chi connectivity index (χ2n) is 10.5. The van der Waals surface area contributed by atoms with Gasteiger partial charge in [-0.25, -0.2) is 0 Å². The minimum absolute atomic E-state index is 0.753. The lowest BCUT2D eigenvalue weighted by Gasteiger charge is -2.33. The van der Waals surface area contributed by atoms with Crippen LogP contribution in [0, 0.1) is 29.6 Å². The van der Waals surface area contributed by atoms with E-state index in [9.17, 15) is 0 Å². The summed E-state index contributed by atoms with van der Waals surface area (Å²) in [5.74, 6) is 11.6. The van der Waals surface area contributed by atoms with Gasteiger partial charge in [0.15, 0.2) is 0 Å². The lowest BCUT2D eigenvalue weighted by Crippen LogP contribution is -2.38. The van der Waals surface area contributed by atoms with Crippen LogP contribution in [-0.2, 0) is 0 Å². The van der Waals surface area contributed by atoms with Crippen molar-refractivity contribution in [3.05, 3.63) is 0 Å². The molecule has 3 heteroatoms. The van der Waals surface area contributed by atoms with Crippen LogP contribution in [0.2, 0.25) is 0 Å². The highest BCUT2D eigenvalue weighted by Crippen LogP contribution is 2.17. The van der Waals surface area contributed by atoms with Gasteiger partial charge >= 0.3 is 0 Å². The van der Waals surface area contributed by atoms with E-state index in [0.29, 0.717) is 0 Å². The van der Waals surface area contributed by atoms with Gasteiger partial charge in [-0.3, -0.25) is 0 Å². The van der Waals surface area contributed by atoms with Crippen LogP contribution in [0.5, 0.6) is 0 Å². The molecule has 0 radical (unpaired) electrons. The molecule has 0 aliphatic carbocycles. The first-order valence-corrected chi connectivity index (χ1v) is 17.6. The first kappa shape index (κ1) is 49.7. The van der Waals surface area contributed by atoms with Crippen LogP contribution in [0.3, 0.4) is 0 Å². The Morgan fingerprint density at radius 1 is 0.537 bits per heavy atom. The van der Waals surface area contributed by atoms with Crippen LogP contribution < -0.4 is 0 Å². The third-order valence-electron chi connectivity index (χ3n) is 6.94. The molecular formula is C38H81N3. The fourth-order valence-electron chi connectivity index (χ4n) is 4.41. The average molecular weight is 580 g/mol. The maximum absolute atomic E-state index is 2.68. The summed E-state index contributed by atoms with van der Waals surface area (Å²) < 4.78 is 0. The highest BCUT2D eigenvalue weighted by molar-refractivity contribution is 4.89. The van der Waals surface area contributed by atoms with Gasteiger partial charge in [0.25, 0.3) is 0 Å². The van der Waals surface area contributed by atoms with Crippen LogP contribution in [0.15, 0.2) is 0 Å². The van der Waals surface area contributed by atoms with E-state index in [1.165, 1.54) is 97.2 Å². The van der Waals surface area contributed by atoms with Gasteiger partial charge in [-0.15, -0.1) is 23.7 Å². The van der Waals surface area contributed by atoms with Gasteiger partial charge in [0.2, 0.25) is 0 Å². The summed E-state index contributed by atoms with van der Waals surface area (Å²) in [5, 5.41) is 0. The quantitative estimate of drug-likeness (QED) is 0.308. The second-order valence-corrected chi connectivity index (χ2v) is 10.5. The van der Waals surface area contributed by atoms with Crippen LogP contribution in [-0.4, -0.2) is 72.6 Å². The Kier molecular flexibility index (Phi) is 52.6. The molecule has 3 saturated heterocycles. The summed E-state index contributed by atoms with van der Waals surface area (Å²) in [6.07, 6.45) is 11.4. The molecule has 3 fully saturated rings. The van der Waals surface area contributed by atoms with Crippen molar-refractivity contribution in [2.45, 2.75) is 174 Å². The molecule has 0 saturated carbocycles. The number of rotatable bonds is 3. The van der Waals surface area contributed by atoms with Crippen molar-refractivity contribution in [2.24, 2.45) is 5.92 Å². The Morgan fingerprint density at radius 3 is 1.10 bits per heavy atom. The molecule has 0 spiro atoms. The largest absolute Gasteiger partial charge is 0.304 e. The molecule has 3 aliphatic heterocycles. The third kappa shape index (κ3) is 39.0. The molecule has 0 aromatic carbocycles. The highest BCUT2D eigenvalue weighted by Gasteiger charge is 2.17. The molecule has 0 bridgehead atoms. The molecule has 3 heterocycles. The predicted octanol–water partition coefficient (Wildman–Crippen LogP) is 10.6. The Morgan fingerprint density at radius 2 is 0.878 bits per heavy atom. The molecule has 0 aromatic rings. The van der Waals surface area contributed by atoms with Gasteiger partial charge in [0.1, 0.15) is 0 Å². The Bertz CT molecular complexity index is 520. The number of hydrogen-bond donors (Lipinski definition) is 0. The molecule has 0 aromatic heterocycles. The smallest absolute Gasteiger partial charge is 0.00387 e. The van der Waals surface area contributed by atoms with Gasteiger partial charge < -0.3 is 14.7 Å². The minimum atomic E-state index is 0.753. The summed E-state index contributed by atoms with van der Waals surface area (Å²) in [4.78, 5) is 7.65. The van der Waals surface area contributed by atoms with E-state index in [-0.39, 0.29) is 0 Å². The molecule has 0 N–H and O–H groups in total. The van der Waals surface area contributed by atoms with E-state index in [2.05, 4.69) is 79.9 Å². The summed E-state index contributed by atoms with van der Waals surface area (Å²) in [5.41, 5.74) is 0. The first-order valence-electron chi connectivity index (χ1n) is 17.6. The summed E-state index contributed by atoms with van der Waals surface area (Å²) in [6, 6.07) is 1.52. The molecule has 3 rings (SSSR count). The molecule has 41 heavy (non-hydrogen) atoms. The fourth-order valence-corrected chi connectivity index (χ4v) is 4.41. The van der Waals surface area contributed by atoms with Gasteiger partial charge in [0.05, 0.1) is 0 Å². The summed E-state index contributed by atoms with van der Waals surface area (Å²) >= 11 is 0. The topological polar surface area (TPSA) is 9.72 Å². The Hall–Kier alpha value is -1.00. The zero-order valence-corrected chi connectivity index (χ0v) is 31.7. The molecule has 1 atom stereocenters. The average Bonchev–Trinajstić information content (AvgIpc) is 3.05. The maximum atomic E-state index is 2.68. The SMILES string of the molecule is CC.CC.CC.CC#CC.CC#CC.CC(C)N1CCCCC1.CC1CCCN(C(C)C)C1.CCN1CCCCC1. The van der Waals surface area contributed by atoms with Crippen molar-refractivity contribution < 1.29 is 0 Å². The second kappa shape index (κ2) is 43.5. The third-order valence-corrected chi connectivity index (χ3v) is 6.94. The van der Waals surface area contributed by atoms with E-state index >= 15 is 0 Å². The Labute approximate surface area is 264 Å². The molecule has 3 nitrogen and oxygen atoms in total. The van der Waals surface area contributed by atoms with Crippen LogP contribution >= 0.6 is 0 Å². The fraction of sp³-hybridized carbons (Fsp3) is 0.895. The predicted molar refractivity (Wildman–Crippen MR) is 194 cm³/mol. The molecule has 0 amide bonds. The zero-order chi connectivity index (χ0) is 32.9. The number of hydrogen-bond acceptors (Lipinski definition) is 3. The van der Waals surface area contributed by atoms with Crippen molar-refractivity contribution in [3.8, 4) is 23.7 Å². The van der Waals surface area contributed by atoms with Crippen molar-refractivity contribution >= 4 is 0 Å². The van der Waals surface area contributed by atoms with Crippen LogP contribution in [0.25, 0.3) is 0 Å². The van der Waals surface area contributed by atoms with Crippen molar-refractivity contribution in [2.75, 3.05) is 45.8 Å². The van der Waals surface area contributed by atoms with Crippen LogP contribution in [0.1, 0.15) is 162 Å². The van der Waals surface area contributed by atoms with E-state index in [1.807, 2.05) is 69.2 Å². The van der Waals surface area contributed by atoms with E-state index in [1.54, 1.807) is 0 Å². The van der Waals surface area contributed by atoms with Gasteiger partial charge in [0, 0.05) is 18.6 Å². The van der Waals surface area contributed by atoms with Crippen molar-refractivity contribution in [1.82, 2.24) is 14.7 Å². The summed E-state index contributed by atoms with van der Waals surface area (Å²) in [6.45, 7) is 42.3. The summed E-state index contributed by atoms with van der Waals surface area (Å²) in [7, 11) is 0. The van der Waals surface area contributed by atoms with E-state index in [4.69, 9.17) is 0 Å². The first-order chi connectivity index (χ1) is 19.8. The highest BCUT2D eigenvalue weighted by atomic mass is 15.2. The number of nitrogens with zero attached hydrogens (tertiary/aromatic N) is 3. The Balaban J connectivity index is -0.000000130. The molecular weight excluding hydrogens is 498 g/mol. The van der Waals surface area contributed by atoms with E-state index < -0.39 is 0 Å². The zero-order valence-electron chi connectivity index (χ0n) is 31.7. The molecule has 1 unspecified atom stereocenters. The van der Waals surface area contributed by atoms with Gasteiger partial charge in [-0.1, -0.05) is 68.2 Å². The van der Waals surface area contributed by atoms with Crippen LogP contribution in [0.4, 0.5) is 0 Å². The van der Waals surface area contributed by atoms with E-state index in [0.717, 1.165) is 18.0 Å². The lowest BCUT2D eigenvalue weighted by atomic mass is 9.99. The molecule has 3 aliphatic rings. The normalized spacial score (nSPS) is 18.0. The van der Waals surface area contributed by atoms with Crippen molar-refractivity contribution in [3.63, 3.8) is 0 Å². The maximum Gasteiger partial charge on any atom is 0.00387 e. The lowest BCUT2D eigenvalue weighted by molar-refractivity contribution is 0.147. The number of likely N-dealkylation sites (tertiary alicyclic amines) is 3. The molecule has 248 valence electrons. The van der Waals surface area contributed by atoms with Gasteiger partial charge in [-0.05, 0) is 139 Å².